The summed E-state index contributed by atoms with van der Waals surface area (Å²) in [6.07, 6.45) is 2.34. The van der Waals surface area contributed by atoms with Gasteiger partial charge in [-0.2, -0.15) is 5.10 Å². The van der Waals surface area contributed by atoms with Crippen LogP contribution in [0.2, 0.25) is 0 Å². The molecule has 0 saturated heterocycles. The predicted molar refractivity (Wildman–Crippen MR) is 87.8 cm³/mol. The molecule has 0 amide bonds. The highest BCUT2D eigenvalue weighted by molar-refractivity contribution is 14.1. The van der Waals surface area contributed by atoms with Crippen LogP contribution in [0.4, 0.5) is 0 Å². The molecular formula is C14H20IN5. The Bertz CT molecular complexity index is 535. The molecule has 1 atom stereocenters. The summed E-state index contributed by atoms with van der Waals surface area (Å²) < 4.78 is 3.17. The highest BCUT2D eigenvalue weighted by Crippen LogP contribution is 2.18. The first-order valence-electron chi connectivity index (χ1n) is 6.68. The van der Waals surface area contributed by atoms with Gasteiger partial charge in [0.2, 0.25) is 0 Å². The van der Waals surface area contributed by atoms with Crippen molar-refractivity contribution in [3.8, 4) is 0 Å². The first-order valence-corrected chi connectivity index (χ1v) is 7.76. The van der Waals surface area contributed by atoms with Gasteiger partial charge < -0.3 is 0 Å². The van der Waals surface area contributed by atoms with Crippen LogP contribution in [0.1, 0.15) is 31.3 Å². The third-order valence-corrected chi connectivity index (χ3v) is 3.81. The Labute approximate surface area is 133 Å². The molecule has 0 radical (unpaired) electrons. The van der Waals surface area contributed by atoms with Crippen molar-refractivity contribution >= 4 is 22.6 Å². The van der Waals surface area contributed by atoms with Crippen LogP contribution in [0.3, 0.4) is 0 Å². The number of benzene rings is 1. The summed E-state index contributed by atoms with van der Waals surface area (Å²) in [7, 11) is 0. The van der Waals surface area contributed by atoms with Crippen LogP contribution in [0, 0.1) is 9.49 Å². The van der Waals surface area contributed by atoms with Crippen molar-refractivity contribution in [3.63, 3.8) is 0 Å². The molecule has 0 aliphatic heterocycles. The second-order valence-corrected chi connectivity index (χ2v) is 6.47. The van der Waals surface area contributed by atoms with Crippen LogP contribution < -0.4 is 11.3 Å². The standard InChI is InChI=1S/C14H20IN5/c1-10(2)8-20-14(17-9-18-20)7-13(19-16)11-3-5-12(15)6-4-11/h3-6,9-10,13,19H,7-8,16H2,1-2H3. The van der Waals surface area contributed by atoms with Crippen molar-refractivity contribution < 1.29 is 0 Å². The van der Waals surface area contributed by atoms with Crippen molar-refractivity contribution in [2.75, 3.05) is 0 Å². The maximum Gasteiger partial charge on any atom is 0.138 e. The van der Waals surface area contributed by atoms with Gasteiger partial charge in [-0.05, 0) is 46.2 Å². The highest BCUT2D eigenvalue weighted by atomic mass is 127. The number of hydrogen-bond acceptors (Lipinski definition) is 4. The largest absolute Gasteiger partial charge is 0.271 e. The molecule has 3 N–H and O–H groups in total. The lowest BCUT2D eigenvalue weighted by atomic mass is 10.0. The van der Waals surface area contributed by atoms with Gasteiger partial charge in [0.15, 0.2) is 0 Å². The molecule has 20 heavy (non-hydrogen) atoms. The van der Waals surface area contributed by atoms with Gasteiger partial charge >= 0.3 is 0 Å². The number of nitrogens with one attached hydrogen (secondary N) is 1. The van der Waals surface area contributed by atoms with E-state index in [-0.39, 0.29) is 6.04 Å². The lowest BCUT2D eigenvalue weighted by molar-refractivity contribution is 0.446. The summed E-state index contributed by atoms with van der Waals surface area (Å²) in [5.74, 6) is 7.20. The van der Waals surface area contributed by atoms with Crippen molar-refractivity contribution in [1.82, 2.24) is 20.2 Å². The van der Waals surface area contributed by atoms with Crippen molar-refractivity contribution in [3.05, 3.63) is 45.6 Å². The van der Waals surface area contributed by atoms with E-state index in [0.717, 1.165) is 24.4 Å². The zero-order valence-electron chi connectivity index (χ0n) is 11.8. The van der Waals surface area contributed by atoms with Crippen LogP contribution in [0.25, 0.3) is 0 Å². The smallest absolute Gasteiger partial charge is 0.138 e. The third-order valence-electron chi connectivity index (χ3n) is 3.09. The Hall–Kier alpha value is -0.990. The van der Waals surface area contributed by atoms with E-state index in [9.17, 15) is 0 Å². The summed E-state index contributed by atoms with van der Waals surface area (Å²) >= 11 is 2.29. The number of rotatable bonds is 6. The minimum atomic E-state index is 0.0436. The van der Waals surface area contributed by atoms with Gasteiger partial charge in [-0.3, -0.25) is 11.3 Å². The van der Waals surface area contributed by atoms with Crippen LogP contribution in [0.15, 0.2) is 30.6 Å². The fraction of sp³-hybridized carbons (Fsp3) is 0.429. The van der Waals surface area contributed by atoms with E-state index in [2.05, 4.69) is 76.2 Å². The maximum atomic E-state index is 5.70. The average Bonchev–Trinajstić information content (AvgIpc) is 2.83. The van der Waals surface area contributed by atoms with Crippen molar-refractivity contribution in [2.45, 2.75) is 32.9 Å². The van der Waals surface area contributed by atoms with Gasteiger partial charge in [0.05, 0.1) is 6.04 Å². The molecule has 0 saturated carbocycles. The summed E-state index contributed by atoms with van der Waals surface area (Å²) in [6.45, 7) is 5.21. The Balaban J connectivity index is 2.14. The number of aromatic nitrogens is 3. The Morgan fingerprint density at radius 2 is 2.00 bits per heavy atom. The van der Waals surface area contributed by atoms with Gasteiger partial charge in [0.25, 0.3) is 0 Å². The zero-order valence-corrected chi connectivity index (χ0v) is 13.9. The van der Waals surface area contributed by atoms with E-state index in [1.54, 1.807) is 6.33 Å². The first-order chi connectivity index (χ1) is 9.60. The molecule has 0 aliphatic rings. The van der Waals surface area contributed by atoms with Gasteiger partial charge in [0.1, 0.15) is 12.2 Å². The van der Waals surface area contributed by atoms with Crippen LogP contribution in [0.5, 0.6) is 0 Å². The van der Waals surface area contributed by atoms with E-state index in [0.29, 0.717) is 5.92 Å². The minimum Gasteiger partial charge on any atom is -0.271 e. The zero-order chi connectivity index (χ0) is 14.5. The van der Waals surface area contributed by atoms with Gasteiger partial charge in [-0.25, -0.2) is 9.67 Å². The van der Waals surface area contributed by atoms with Gasteiger partial charge in [0, 0.05) is 16.5 Å². The average molecular weight is 385 g/mol. The maximum absolute atomic E-state index is 5.70. The normalized spacial score (nSPS) is 12.8. The van der Waals surface area contributed by atoms with Crippen LogP contribution in [-0.2, 0) is 13.0 Å². The second kappa shape index (κ2) is 7.14. The molecule has 2 rings (SSSR count). The molecule has 0 fully saturated rings. The number of hydrogen-bond donors (Lipinski definition) is 2. The molecule has 1 aromatic heterocycles. The lowest BCUT2D eigenvalue weighted by Gasteiger charge is -2.17. The SMILES string of the molecule is CC(C)Cn1ncnc1CC(NN)c1ccc(I)cc1. The number of nitrogens with two attached hydrogens (primary N) is 1. The summed E-state index contributed by atoms with van der Waals surface area (Å²) in [5.41, 5.74) is 4.03. The topological polar surface area (TPSA) is 68.8 Å². The predicted octanol–water partition coefficient (Wildman–Crippen LogP) is 2.29. The fourth-order valence-corrected chi connectivity index (χ4v) is 2.45. The summed E-state index contributed by atoms with van der Waals surface area (Å²) in [4.78, 5) is 4.35. The van der Waals surface area contributed by atoms with Gasteiger partial charge in [-0.15, -0.1) is 0 Å². The number of hydrazine groups is 1. The van der Waals surface area contributed by atoms with Crippen LogP contribution >= 0.6 is 22.6 Å². The second-order valence-electron chi connectivity index (χ2n) is 5.23. The number of nitrogens with zero attached hydrogens (tertiary/aromatic N) is 3. The minimum absolute atomic E-state index is 0.0436. The van der Waals surface area contributed by atoms with E-state index in [1.165, 1.54) is 3.57 Å². The van der Waals surface area contributed by atoms with E-state index < -0.39 is 0 Å². The molecule has 108 valence electrons. The first kappa shape index (κ1) is 15.4. The molecule has 2 aromatic rings. The quantitative estimate of drug-likeness (QED) is 0.455. The third kappa shape index (κ3) is 4.00. The monoisotopic (exact) mass is 385 g/mol. The number of halogens is 1. The molecule has 6 heteroatoms. The highest BCUT2D eigenvalue weighted by Gasteiger charge is 2.15. The Morgan fingerprint density at radius 3 is 2.60 bits per heavy atom. The van der Waals surface area contributed by atoms with E-state index in [4.69, 9.17) is 5.84 Å². The van der Waals surface area contributed by atoms with E-state index in [1.807, 2.05) is 4.68 Å². The molecule has 0 bridgehead atoms. The summed E-state index contributed by atoms with van der Waals surface area (Å²) in [5, 5.41) is 4.29. The lowest BCUT2D eigenvalue weighted by Crippen LogP contribution is -2.30. The molecule has 1 unspecified atom stereocenters. The Kier molecular flexibility index (Phi) is 5.50. The van der Waals surface area contributed by atoms with E-state index >= 15 is 0 Å². The molecule has 0 aliphatic carbocycles. The van der Waals surface area contributed by atoms with Crippen LogP contribution in [-0.4, -0.2) is 14.8 Å². The molecule has 1 heterocycles. The van der Waals surface area contributed by atoms with Crippen molar-refractivity contribution in [2.24, 2.45) is 11.8 Å². The molecule has 0 spiro atoms. The van der Waals surface area contributed by atoms with Crippen molar-refractivity contribution in [1.29, 1.82) is 0 Å². The Morgan fingerprint density at radius 1 is 1.30 bits per heavy atom. The summed E-state index contributed by atoms with van der Waals surface area (Å²) in [6, 6.07) is 8.39. The van der Waals surface area contributed by atoms with Gasteiger partial charge in [-0.1, -0.05) is 26.0 Å². The molecular weight excluding hydrogens is 365 g/mol. The fourth-order valence-electron chi connectivity index (χ4n) is 2.10. The molecule has 5 nitrogen and oxygen atoms in total. The molecule has 1 aromatic carbocycles.